The van der Waals surface area contributed by atoms with Crippen LogP contribution in [0, 0.1) is 20.8 Å². The van der Waals surface area contributed by atoms with Crippen LogP contribution in [0.1, 0.15) is 40.5 Å². The number of fused-ring (bicyclic) bond motifs is 1. The summed E-state index contributed by atoms with van der Waals surface area (Å²) in [5, 5.41) is 11.3. The molecule has 1 unspecified atom stereocenters. The van der Waals surface area contributed by atoms with Gasteiger partial charge in [0.05, 0.1) is 17.3 Å². The van der Waals surface area contributed by atoms with Crippen molar-refractivity contribution < 1.29 is 19.4 Å². The number of imidazole rings is 1. The number of likely N-dealkylation sites (tertiary alicyclic amines) is 1. The third kappa shape index (κ3) is 3.58. The predicted molar refractivity (Wildman–Crippen MR) is 121 cm³/mol. The van der Waals surface area contributed by atoms with E-state index < -0.39 is 17.7 Å². The van der Waals surface area contributed by atoms with Crippen LogP contribution in [0.3, 0.4) is 0 Å². The average molecular weight is 434 g/mol. The topological polar surface area (TPSA) is 84.1 Å². The average Bonchev–Trinajstić information content (AvgIpc) is 3.25. The number of carbonyl (C=O) groups is 2. The lowest BCUT2D eigenvalue weighted by Crippen LogP contribution is -2.31. The zero-order chi connectivity index (χ0) is 23.0. The highest BCUT2D eigenvalue weighted by Gasteiger charge is 2.46. The first-order chi connectivity index (χ1) is 15.3. The fourth-order valence-corrected chi connectivity index (χ4v) is 4.26. The minimum atomic E-state index is -0.696. The Balaban J connectivity index is 1.89. The van der Waals surface area contributed by atoms with E-state index in [2.05, 4.69) is 4.98 Å². The van der Waals surface area contributed by atoms with E-state index in [1.165, 1.54) is 4.90 Å². The van der Waals surface area contributed by atoms with E-state index in [9.17, 15) is 14.7 Å². The molecule has 1 aliphatic heterocycles. The number of hydrogen-bond acceptors (Lipinski definition) is 5. The second kappa shape index (κ2) is 8.59. The van der Waals surface area contributed by atoms with Crippen molar-refractivity contribution in [3.05, 3.63) is 76.2 Å². The highest BCUT2D eigenvalue weighted by molar-refractivity contribution is 6.46. The van der Waals surface area contributed by atoms with Crippen molar-refractivity contribution >= 4 is 23.1 Å². The summed E-state index contributed by atoms with van der Waals surface area (Å²) >= 11 is 0. The first kappa shape index (κ1) is 21.8. The number of nitrogens with zero attached hydrogens (tertiary/aromatic N) is 3. The maximum absolute atomic E-state index is 13.1. The number of ketones is 1. The quantitative estimate of drug-likeness (QED) is 0.277. The van der Waals surface area contributed by atoms with Gasteiger partial charge in [-0.25, -0.2) is 4.98 Å². The number of aliphatic hydroxyl groups is 1. The number of aryl methyl sites for hydroxylation is 3. The van der Waals surface area contributed by atoms with E-state index in [1.54, 1.807) is 7.11 Å². The van der Waals surface area contributed by atoms with Gasteiger partial charge in [0.15, 0.2) is 5.76 Å². The number of amides is 1. The summed E-state index contributed by atoms with van der Waals surface area (Å²) in [6, 6.07) is 10.8. The zero-order valence-electron chi connectivity index (χ0n) is 18.8. The summed E-state index contributed by atoms with van der Waals surface area (Å²) in [7, 11) is 1.60. The Bertz CT molecular complexity index is 1220. The molecule has 1 amide bonds. The van der Waals surface area contributed by atoms with E-state index >= 15 is 0 Å². The molecule has 32 heavy (non-hydrogen) atoms. The third-order valence-electron chi connectivity index (χ3n) is 5.99. The Labute approximate surface area is 187 Å². The Morgan fingerprint density at radius 2 is 1.84 bits per heavy atom. The third-order valence-corrected chi connectivity index (χ3v) is 5.99. The van der Waals surface area contributed by atoms with Gasteiger partial charge in [0, 0.05) is 26.5 Å². The van der Waals surface area contributed by atoms with Gasteiger partial charge >= 0.3 is 0 Å². The molecule has 0 radical (unpaired) electrons. The number of benzene rings is 1. The summed E-state index contributed by atoms with van der Waals surface area (Å²) in [6.45, 7) is 6.56. The summed E-state index contributed by atoms with van der Waals surface area (Å²) in [5.41, 5.74) is 4.57. The number of ether oxygens (including phenoxy) is 1. The molecule has 1 N–H and O–H groups in total. The lowest BCUT2D eigenvalue weighted by atomic mass is 9.95. The van der Waals surface area contributed by atoms with Gasteiger partial charge < -0.3 is 19.1 Å². The van der Waals surface area contributed by atoms with E-state index in [4.69, 9.17) is 4.74 Å². The van der Waals surface area contributed by atoms with Crippen molar-refractivity contribution in [2.24, 2.45) is 0 Å². The van der Waals surface area contributed by atoms with Gasteiger partial charge in [0.25, 0.3) is 11.7 Å². The van der Waals surface area contributed by atoms with Crippen molar-refractivity contribution in [3.8, 4) is 0 Å². The maximum atomic E-state index is 13.1. The molecule has 1 atom stereocenters. The number of Topliss-reactive ketones (excluding diaryl/α,β-unsaturated/α-hetero) is 1. The van der Waals surface area contributed by atoms with Crippen molar-refractivity contribution in [2.45, 2.75) is 33.2 Å². The molecule has 3 aromatic rings. The van der Waals surface area contributed by atoms with Gasteiger partial charge in [-0.1, -0.05) is 35.9 Å². The van der Waals surface area contributed by atoms with Crippen LogP contribution in [0.25, 0.3) is 11.4 Å². The van der Waals surface area contributed by atoms with Crippen molar-refractivity contribution in [3.63, 3.8) is 0 Å². The Kier molecular flexibility index (Phi) is 5.84. The van der Waals surface area contributed by atoms with Crippen LogP contribution < -0.4 is 0 Å². The second-order valence-corrected chi connectivity index (χ2v) is 8.18. The summed E-state index contributed by atoms with van der Waals surface area (Å²) in [5.74, 6) is -1.56. The van der Waals surface area contributed by atoms with Crippen molar-refractivity contribution in [2.75, 3.05) is 20.3 Å². The number of hydrogen-bond donors (Lipinski definition) is 1. The molecule has 7 heteroatoms. The minimum absolute atomic E-state index is 0.0698. The molecule has 4 rings (SSSR count). The molecule has 1 fully saturated rings. The summed E-state index contributed by atoms with van der Waals surface area (Å²) in [6.07, 6.45) is 2.45. The van der Waals surface area contributed by atoms with Gasteiger partial charge in [-0.05, 0) is 44.4 Å². The van der Waals surface area contributed by atoms with E-state index in [1.807, 2.05) is 67.8 Å². The standard InChI is InChI=1S/C25H27N3O4/c1-15-8-10-18(11-9-15)21-19(23(30)25(31)28(21)13-6-14-32-4)22(29)20-17(3)27-12-5-7-16(2)24(27)26-20/h5,7-12,21,29H,6,13-14H2,1-4H3. The first-order valence-electron chi connectivity index (χ1n) is 10.6. The molecule has 0 bridgehead atoms. The molecule has 2 aromatic heterocycles. The fraction of sp³-hybridized carbons (Fsp3) is 0.320. The van der Waals surface area contributed by atoms with E-state index in [0.29, 0.717) is 36.6 Å². The normalized spacial score (nSPS) is 18.1. The molecule has 0 saturated carbocycles. The number of aliphatic hydroxyl groups excluding tert-OH is 1. The molecular formula is C25H27N3O4. The fourth-order valence-electron chi connectivity index (χ4n) is 4.26. The summed E-state index contributed by atoms with van der Waals surface area (Å²) in [4.78, 5) is 32.2. The minimum Gasteiger partial charge on any atom is -0.505 e. The number of aromatic nitrogens is 2. The maximum Gasteiger partial charge on any atom is 0.295 e. The largest absolute Gasteiger partial charge is 0.505 e. The van der Waals surface area contributed by atoms with Gasteiger partial charge in [0.2, 0.25) is 0 Å². The number of methoxy groups -OCH3 is 1. The highest BCUT2D eigenvalue weighted by Crippen LogP contribution is 2.40. The molecule has 1 saturated heterocycles. The van der Waals surface area contributed by atoms with Crippen LogP contribution in [0.5, 0.6) is 0 Å². The van der Waals surface area contributed by atoms with Crippen LogP contribution in [0.4, 0.5) is 0 Å². The van der Waals surface area contributed by atoms with Gasteiger partial charge in [0.1, 0.15) is 11.3 Å². The van der Waals surface area contributed by atoms with Crippen LogP contribution in [-0.4, -0.2) is 51.3 Å². The predicted octanol–water partition coefficient (Wildman–Crippen LogP) is 3.72. The number of rotatable bonds is 6. The monoisotopic (exact) mass is 433 g/mol. The van der Waals surface area contributed by atoms with Crippen LogP contribution >= 0.6 is 0 Å². The molecular weight excluding hydrogens is 406 g/mol. The molecule has 0 aliphatic carbocycles. The van der Waals surface area contributed by atoms with Gasteiger partial charge in [-0.2, -0.15) is 0 Å². The SMILES string of the molecule is COCCCN1C(=O)C(=O)C(=C(O)c2nc3c(C)cccn3c2C)C1c1ccc(C)cc1. The molecule has 166 valence electrons. The smallest absolute Gasteiger partial charge is 0.295 e. The second-order valence-electron chi connectivity index (χ2n) is 8.18. The van der Waals surface area contributed by atoms with Crippen LogP contribution in [0.15, 0.2) is 48.2 Å². The molecule has 1 aliphatic rings. The molecule has 7 nitrogen and oxygen atoms in total. The highest BCUT2D eigenvalue weighted by atomic mass is 16.5. The van der Waals surface area contributed by atoms with E-state index in [-0.39, 0.29) is 11.3 Å². The molecule has 3 heterocycles. The van der Waals surface area contributed by atoms with Gasteiger partial charge in [-0.3, -0.25) is 9.59 Å². The van der Waals surface area contributed by atoms with E-state index in [0.717, 1.165) is 16.7 Å². The van der Waals surface area contributed by atoms with Crippen molar-refractivity contribution in [1.82, 2.24) is 14.3 Å². The Morgan fingerprint density at radius 1 is 1.12 bits per heavy atom. The first-order valence-corrected chi connectivity index (χ1v) is 10.6. The van der Waals surface area contributed by atoms with Crippen LogP contribution in [-0.2, 0) is 14.3 Å². The van der Waals surface area contributed by atoms with Crippen LogP contribution in [0.2, 0.25) is 0 Å². The number of carbonyl (C=O) groups excluding carboxylic acids is 2. The number of pyridine rings is 1. The van der Waals surface area contributed by atoms with Crippen molar-refractivity contribution in [1.29, 1.82) is 0 Å². The Morgan fingerprint density at radius 3 is 2.50 bits per heavy atom. The lowest BCUT2D eigenvalue weighted by Gasteiger charge is -2.25. The van der Waals surface area contributed by atoms with Gasteiger partial charge in [-0.15, -0.1) is 0 Å². The lowest BCUT2D eigenvalue weighted by molar-refractivity contribution is -0.140. The molecule has 0 spiro atoms. The zero-order valence-corrected chi connectivity index (χ0v) is 18.8. The molecule has 1 aromatic carbocycles. The Hall–Kier alpha value is -3.45. The summed E-state index contributed by atoms with van der Waals surface area (Å²) < 4.78 is 7.00.